The molecule has 4 nitrogen and oxygen atoms in total. The summed E-state index contributed by atoms with van der Waals surface area (Å²) < 4.78 is 0. The van der Waals surface area contributed by atoms with E-state index in [-0.39, 0.29) is 11.8 Å². The largest absolute Gasteiger partial charge is 0.330 e. The topological polar surface area (TPSA) is 58.4 Å². The average Bonchev–Trinajstić information content (AvgIpc) is 2.68. The molecule has 1 unspecified atom stereocenters. The van der Waals surface area contributed by atoms with Crippen molar-refractivity contribution in [3.8, 4) is 0 Å². The number of rotatable bonds is 4. The molecule has 1 fully saturated rings. The lowest BCUT2D eigenvalue weighted by Crippen LogP contribution is -2.34. The number of nitrogens with zero attached hydrogens (tertiary/aromatic N) is 1. The summed E-state index contributed by atoms with van der Waals surface area (Å²) in [4.78, 5) is 11.8. The van der Waals surface area contributed by atoms with Crippen molar-refractivity contribution < 1.29 is 4.79 Å². The van der Waals surface area contributed by atoms with Gasteiger partial charge in [0.1, 0.15) is 0 Å². The van der Waals surface area contributed by atoms with E-state index in [1.165, 1.54) is 5.56 Å². The Bertz CT molecular complexity index is 388. The van der Waals surface area contributed by atoms with Crippen molar-refractivity contribution in [1.82, 2.24) is 5.43 Å². The summed E-state index contributed by atoms with van der Waals surface area (Å²) in [5, 5.41) is 1.64. The maximum atomic E-state index is 11.8. The Labute approximate surface area is 102 Å². The predicted octanol–water partition coefficient (Wildman–Crippen LogP) is 1.07. The molecule has 0 saturated carbocycles. The normalized spacial score (nSPS) is 20.0. The van der Waals surface area contributed by atoms with E-state index in [0.29, 0.717) is 13.1 Å². The summed E-state index contributed by atoms with van der Waals surface area (Å²) in [7, 11) is 0. The van der Waals surface area contributed by atoms with Gasteiger partial charge in [-0.05, 0) is 37.1 Å². The van der Waals surface area contributed by atoms with Crippen molar-refractivity contribution in [1.29, 1.82) is 0 Å². The fraction of sp³-hybridized carbons (Fsp3) is 0.462. The molecular weight excluding hydrogens is 214 g/mol. The molecule has 1 aliphatic heterocycles. The summed E-state index contributed by atoms with van der Waals surface area (Å²) in [6.45, 7) is 3.37. The number of aryl methyl sites for hydroxylation is 1. The highest BCUT2D eigenvalue weighted by Gasteiger charge is 2.28. The van der Waals surface area contributed by atoms with E-state index in [0.717, 1.165) is 18.5 Å². The molecule has 0 aliphatic carbocycles. The second-order valence-corrected chi connectivity index (χ2v) is 4.50. The van der Waals surface area contributed by atoms with Gasteiger partial charge >= 0.3 is 0 Å². The van der Waals surface area contributed by atoms with Crippen LogP contribution in [0.5, 0.6) is 0 Å². The van der Waals surface area contributed by atoms with Crippen LogP contribution in [0.15, 0.2) is 24.3 Å². The van der Waals surface area contributed by atoms with Gasteiger partial charge in [-0.2, -0.15) is 0 Å². The van der Waals surface area contributed by atoms with Crippen molar-refractivity contribution in [2.45, 2.75) is 19.8 Å². The van der Waals surface area contributed by atoms with Crippen molar-refractivity contribution in [2.24, 2.45) is 11.7 Å². The number of hydrazine groups is 1. The van der Waals surface area contributed by atoms with Gasteiger partial charge < -0.3 is 5.73 Å². The second kappa shape index (κ2) is 5.29. The number of amides is 1. The molecule has 3 N–H and O–H groups in total. The van der Waals surface area contributed by atoms with Crippen LogP contribution in [-0.4, -0.2) is 19.0 Å². The van der Waals surface area contributed by atoms with E-state index in [4.69, 9.17) is 5.73 Å². The Morgan fingerprint density at radius 1 is 1.41 bits per heavy atom. The molecule has 1 heterocycles. The molecule has 17 heavy (non-hydrogen) atoms. The van der Waals surface area contributed by atoms with Crippen LogP contribution in [0.4, 0.5) is 5.69 Å². The number of anilines is 1. The first-order valence-corrected chi connectivity index (χ1v) is 6.09. The molecule has 2 rings (SSSR count). The first-order valence-electron chi connectivity index (χ1n) is 6.09. The van der Waals surface area contributed by atoms with E-state index in [9.17, 15) is 4.79 Å². The lowest BCUT2D eigenvalue weighted by atomic mass is 10.1. The Morgan fingerprint density at radius 2 is 2.12 bits per heavy atom. The molecule has 0 radical (unpaired) electrons. The highest BCUT2D eigenvalue weighted by Crippen LogP contribution is 2.19. The van der Waals surface area contributed by atoms with Gasteiger partial charge in [0, 0.05) is 6.54 Å². The maximum Gasteiger partial charge on any atom is 0.245 e. The molecule has 4 heteroatoms. The van der Waals surface area contributed by atoms with E-state index >= 15 is 0 Å². The Balaban J connectivity index is 2.05. The molecule has 1 amide bonds. The monoisotopic (exact) mass is 233 g/mol. The van der Waals surface area contributed by atoms with Crippen LogP contribution in [0, 0.1) is 5.92 Å². The third-order valence-electron chi connectivity index (χ3n) is 3.06. The van der Waals surface area contributed by atoms with Crippen LogP contribution in [0.25, 0.3) is 0 Å². The van der Waals surface area contributed by atoms with Crippen LogP contribution in [0.1, 0.15) is 18.9 Å². The summed E-state index contributed by atoms with van der Waals surface area (Å²) in [5.41, 5.74) is 10.8. The first-order chi connectivity index (χ1) is 8.22. The fourth-order valence-corrected chi connectivity index (χ4v) is 1.95. The smallest absolute Gasteiger partial charge is 0.245 e. The molecular formula is C13H19N3O. The molecule has 1 aliphatic rings. The van der Waals surface area contributed by atoms with Gasteiger partial charge in [-0.25, -0.2) is 10.4 Å². The highest BCUT2D eigenvalue weighted by molar-refractivity contribution is 5.96. The molecule has 0 bridgehead atoms. The first kappa shape index (κ1) is 12.1. The Morgan fingerprint density at radius 3 is 2.65 bits per heavy atom. The fourth-order valence-electron chi connectivity index (χ4n) is 1.95. The summed E-state index contributed by atoms with van der Waals surface area (Å²) in [6, 6.07) is 8.08. The lowest BCUT2D eigenvalue weighted by molar-refractivity contribution is -0.119. The third-order valence-corrected chi connectivity index (χ3v) is 3.06. The SMILES string of the molecule is CC1CNN(c2ccc(CCCN)cc2)C1=O. The number of carbonyl (C=O) groups excluding carboxylic acids is 1. The number of nitrogens with two attached hydrogens (primary N) is 1. The van der Waals surface area contributed by atoms with Gasteiger partial charge in [-0.3, -0.25) is 4.79 Å². The van der Waals surface area contributed by atoms with Crippen molar-refractivity contribution in [3.05, 3.63) is 29.8 Å². The number of hydrogen-bond donors (Lipinski definition) is 2. The zero-order valence-corrected chi connectivity index (χ0v) is 10.1. The number of nitrogens with one attached hydrogen (secondary N) is 1. The van der Waals surface area contributed by atoms with E-state index in [1.54, 1.807) is 5.01 Å². The molecule has 0 aromatic heterocycles. The predicted molar refractivity (Wildman–Crippen MR) is 68.5 cm³/mol. The molecule has 92 valence electrons. The maximum absolute atomic E-state index is 11.8. The van der Waals surface area contributed by atoms with E-state index in [2.05, 4.69) is 17.6 Å². The highest BCUT2D eigenvalue weighted by atomic mass is 16.2. The van der Waals surface area contributed by atoms with Crippen molar-refractivity contribution >= 4 is 11.6 Å². The zero-order valence-electron chi connectivity index (χ0n) is 10.1. The Hall–Kier alpha value is -1.39. The molecule has 0 spiro atoms. The Kier molecular flexibility index (Phi) is 3.76. The van der Waals surface area contributed by atoms with Crippen LogP contribution >= 0.6 is 0 Å². The van der Waals surface area contributed by atoms with Crippen LogP contribution in [0.3, 0.4) is 0 Å². The molecule has 1 atom stereocenters. The number of carbonyl (C=O) groups is 1. The van der Waals surface area contributed by atoms with Crippen molar-refractivity contribution in [2.75, 3.05) is 18.1 Å². The van der Waals surface area contributed by atoms with Crippen LogP contribution < -0.4 is 16.2 Å². The summed E-state index contributed by atoms with van der Waals surface area (Å²) in [6.07, 6.45) is 1.99. The van der Waals surface area contributed by atoms with Gasteiger partial charge in [-0.1, -0.05) is 19.1 Å². The van der Waals surface area contributed by atoms with E-state index < -0.39 is 0 Å². The lowest BCUT2D eigenvalue weighted by Gasteiger charge is -2.16. The third kappa shape index (κ3) is 2.65. The molecule has 1 aromatic carbocycles. The minimum atomic E-state index is 0.0620. The average molecular weight is 233 g/mol. The number of benzene rings is 1. The minimum Gasteiger partial charge on any atom is -0.330 e. The van der Waals surface area contributed by atoms with Crippen molar-refractivity contribution in [3.63, 3.8) is 0 Å². The van der Waals surface area contributed by atoms with Gasteiger partial charge in [0.2, 0.25) is 5.91 Å². The van der Waals surface area contributed by atoms with Gasteiger partial charge in [0.05, 0.1) is 11.6 Å². The zero-order chi connectivity index (χ0) is 12.3. The summed E-state index contributed by atoms with van der Waals surface area (Å²) >= 11 is 0. The van der Waals surface area contributed by atoms with Crippen LogP contribution in [0.2, 0.25) is 0 Å². The minimum absolute atomic E-state index is 0.0620. The second-order valence-electron chi connectivity index (χ2n) is 4.50. The quantitative estimate of drug-likeness (QED) is 0.817. The van der Waals surface area contributed by atoms with Gasteiger partial charge in [0.15, 0.2) is 0 Å². The van der Waals surface area contributed by atoms with Crippen LogP contribution in [-0.2, 0) is 11.2 Å². The van der Waals surface area contributed by atoms with E-state index in [1.807, 2.05) is 19.1 Å². The van der Waals surface area contributed by atoms with Gasteiger partial charge in [0.25, 0.3) is 0 Å². The molecule has 1 aromatic rings. The van der Waals surface area contributed by atoms with Gasteiger partial charge in [-0.15, -0.1) is 0 Å². The molecule has 1 saturated heterocycles. The standard InChI is InChI=1S/C13H19N3O/c1-10-9-15-16(13(10)17)12-6-4-11(5-7-12)3-2-8-14/h4-7,10,15H,2-3,8-9,14H2,1H3. The summed E-state index contributed by atoms with van der Waals surface area (Å²) in [5.74, 6) is 0.201. The number of hydrogen-bond acceptors (Lipinski definition) is 3.